The number of fused-ring (bicyclic) bond motifs is 1. The van der Waals surface area contributed by atoms with Gasteiger partial charge in [0, 0.05) is 38.8 Å². The van der Waals surface area contributed by atoms with Gasteiger partial charge in [0.2, 0.25) is 5.91 Å². The first kappa shape index (κ1) is 32.7. The number of likely N-dealkylation sites (N-methyl/N-ethyl adjacent to an activating group) is 1. The first-order valence-electron chi connectivity index (χ1n) is 14.4. The van der Waals surface area contributed by atoms with Crippen LogP contribution in [-0.2, 0) is 27.3 Å². The summed E-state index contributed by atoms with van der Waals surface area (Å²) in [5.74, 6) is -0.620. The number of nitrogens with zero attached hydrogens (tertiary/aromatic N) is 4. The van der Waals surface area contributed by atoms with Gasteiger partial charge in [0.15, 0.2) is 0 Å². The third-order valence-corrected chi connectivity index (χ3v) is 8.62. The molecule has 6 nitrogen and oxygen atoms in total. The molecule has 2 aromatic carbocycles. The van der Waals surface area contributed by atoms with E-state index in [2.05, 4.69) is 14.8 Å². The van der Waals surface area contributed by atoms with E-state index in [4.69, 9.17) is 4.74 Å². The lowest BCUT2D eigenvalue weighted by molar-refractivity contribution is -0.143. The summed E-state index contributed by atoms with van der Waals surface area (Å²) in [4.78, 5) is 24.2. The highest BCUT2D eigenvalue weighted by molar-refractivity contribution is 6.03. The van der Waals surface area contributed by atoms with Crippen LogP contribution >= 0.6 is 0 Å². The largest absolute Gasteiger partial charge is 0.416 e. The maximum Gasteiger partial charge on any atom is 0.416 e. The summed E-state index contributed by atoms with van der Waals surface area (Å²) >= 11 is 0. The summed E-state index contributed by atoms with van der Waals surface area (Å²) in [5.41, 5.74) is -3.36. The van der Waals surface area contributed by atoms with Crippen LogP contribution in [0.1, 0.15) is 36.1 Å². The minimum absolute atomic E-state index is 0.0328. The minimum atomic E-state index is -5.07. The summed E-state index contributed by atoms with van der Waals surface area (Å²) < 4.78 is 102. The zero-order chi connectivity index (χ0) is 32.9. The van der Waals surface area contributed by atoms with Crippen molar-refractivity contribution in [2.24, 2.45) is 0 Å². The highest BCUT2D eigenvalue weighted by Gasteiger charge is 2.41. The van der Waals surface area contributed by atoms with Crippen LogP contribution in [0.25, 0.3) is 11.1 Å². The molecule has 2 saturated heterocycles. The number of hydrogen-bond donors (Lipinski definition) is 0. The Kier molecular flexibility index (Phi) is 8.64. The number of aryl methyl sites for hydroxylation is 1. The molecule has 2 aliphatic heterocycles. The second-order valence-electron chi connectivity index (χ2n) is 12.0. The van der Waals surface area contributed by atoms with Gasteiger partial charge in [0.1, 0.15) is 11.6 Å². The number of amides is 1. The topological polar surface area (TPSA) is 48.9 Å². The maximum absolute atomic E-state index is 14.1. The van der Waals surface area contributed by atoms with Crippen molar-refractivity contribution in [1.82, 2.24) is 9.88 Å². The molecule has 3 aromatic rings. The third-order valence-electron chi connectivity index (χ3n) is 8.62. The fourth-order valence-corrected chi connectivity index (χ4v) is 5.94. The number of pyridine rings is 1. The Bertz CT molecular complexity index is 1560. The highest BCUT2D eigenvalue weighted by atomic mass is 19.4. The zero-order valence-corrected chi connectivity index (χ0v) is 25.2. The molecule has 1 amide bonds. The third kappa shape index (κ3) is 6.64. The summed E-state index contributed by atoms with van der Waals surface area (Å²) in [5, 5.41) is 0. The number of anilines is 2. The molecule has 0 aliphatic carbocycles. The lowest BCUT2D eigenvalue weighted by Gasteiger charge is -2.44. The van der Waals surface area contributed by atoms with Gasteiger partial charge in [0.25, 0.3) is 0 Å². The quantitative estimate of drug-likeness (QED) is 0.292. The molecular formula is C32H33F7N4O2. The summed E-state index contributed by atoms with van der Waals surface area (Å²) in [6, 6.07) is 7.30. The second-order valence-corrected chi connectivity index (χ2v) is 12.0. The van der Waals surface area contributed by atoms with Crippen LogP contribution in [0.2, 0.25) is 0 Å². The number of halogens is 7. The summed E-state index contributed by atoms with van der Waals surface area (Å²) in [6.45, 7) is 8.47. The molecule has 0 bridgehead atoms. The molecule has 2 fully saturated rings. The van der Waals surface area contributed by atoms with Crippen LogP contribution in [0.15, 0.2) is 48.7 Å². The summed E-state index contributed by atoms with van der Waals surface area (Å²) in [7, 11) is 1.39. The Hall–Kier alpha value is -3.71. The van der Waals surface area contributed by atoms with Gasteiger partial charge in [-0.15, -0.1) is 0 Å². The van der Waals surface area contributed by atoms with E-state index in [1.165, 1.54) is 44.1 Å². The van der Waals surface area contributed by atoms with Crippen molar-refractivity contribution >= 4 is 17.4 Å². The van der Waals surface area contributed by atoms with Crippen molar-refractivity contribution in [1.29, 1.82) is 0 Å². The van der Waals surface area contributed by atoms with E-state index in [1.807, 2.05) is 0 Å². The van der Waals surface area contributed by atoms with Gasteiger partial charge in [-0.25, -0.2) is 9.37 Å². The first-order chi connectivity index (χ1) is 21.0. The molecule has 1 atom stereocenters. The van der Waals surface area contributed by atoms with Gasteiger partial charge in [-0.1, -0.05) is 6.07 Å². The van der Waals surface area contributed by atoms with E-state index in [-0.39, 0.29) is 17.8 Å². The van der Waals surface area contributed by atoms with Gasteiger partial charge in [0.05, 0.1) is 47.7 Å². The summed E-state index contributed by atoms with van der Waals surface area (Å²) in [6.07, 6.45) is -8.68. The zero-order valence-electron chi connectivity index (χ0n) is 25.2. The molecule has 2 aliphatic rings. The molecule has 242 valence electrons. The van der Waals surface area contributed by atoms with Crippen molar-refractivity contribution in [2.45, 2.75) is 44.6 Å². The standard InChI is InChI=1S/C32H33F7N4O2/c1-19-11-23(33)5-6-25(19)26-15-28(43-8-7-42-9-10-45-18-24(42)17-43)40-16-27(26)41(4)29(44)30(2,3)20-12-21(31(34,35)36)14-22(13-20)32(37,38)39/h5-6,11-16,24H,7-10,17-18H2,1-4H3/t24-/m1/s1. The predicted octanol–water partition coefficient (Wildman–Crippen LogP) is 6.70. The Labute approximate surface area is 256 Å². The maximum atomic E-state index is 14.1. The Morgan fingerprint density at radius 3 is 2.18 bits per heavy atom. The lowest BCUT2D eigenvalue weighted by Crippen LogP contribution is -2.58. The van der Waals surface area contributed by atoms with E-state index < -0.39 is 46.2 Å². The number of alkyl halides is 6. The number of ether oxygens (including phenoxy) is 1. The molecule has 13 heteroatoms. The molecule has 1 aromatic heterocycles. The molecule has 0 saturated carbocycles. The lowest BCUT2D eigenvalue weighted by atomic mass is 9.81. The van der Waals surface area contributed by atoms with Crippen LogP contribution in [0.5, 0.6) is 0 Å². The molecule has 5 rings (SSSR count). The van der Waals surface area contributed by atoms with Crippen LogP contribution in [0.3, 0.4) is 0 Å². The van der Waals surface area contributed by atoms with E-state index in [9.17, 15) is 35.5 Å². The Morgan fingerprint density at radius 2 is 1.56 bits per heavy atom. The van der Waals surface area contributed by atoms with E-state index in [0.29, 0.717) is 60.9 Å². The van der Waals surface area contributed by atoms with Gasteiger partial charge in [-0.05, 0) is 73.9 Å². The Morgan fingerprint density at radius 1 is 0.911 bits per heavy atom. The average molecular weight is 639 g/mol. The number of aromatic nitrogens is 1. The monoisotopic (exact) mass is 638 g/mol. The van der Waals surface area contributed by atoms with Crippen LogP contribution in [0.4, 0.5) is 42.2 Å². The van der Waals surface area contributed by atoms with Crippen LogP contribution in [0, 0.1) is 12.7 Å². The van der Waals surface area contributed by atoms with Gasteiger partial charge in [-0.2, -0.15) is 26.3 Å². The number of morpholine rings is 1. The SMILES string of the molecule is Cc1cc(F)ccc1-c1cc(N2CCN3CCOC[C@H]3C2)ncc1N(C)C(=O)C(C)(C)c1cc(C(F)(F)F)cc(C(F)(F)F)c1. The van der Waals surface area contributed by atoms with Gasteiger partial charge < -0.3 is 14.5 Å². The fraction of sp³-hybridized carbons (Fsp3) is 0.438. The molecule has 45 heavy (non-hydrogen) atoms. The molecule has 0 radical (unpaired) electrons. The van der Waals surface area contributed by atoms with Crippen LogP contribution in [-0.4, -0.2) is 68.3 Å². The number of benzene rings is 2. The van der Waals surface area contributed by atoms with Crippen molar-refractivity contribution in [3.63, 3.8) is 0 Å². The first-order valence-corrected chi connectivity index (χ1v) is 14.4. The minimum Gasteiger partial charge on any atom is -0.378 e. The fourth-order valence-electron chi connectivity index (χ4n) is 5.94. The predicted molar refractivity (Wildman–Crippen MR) is 156 cm³/mol. The molecule has 3 heterocycles. The molecule has 0 N–H and O–H groups in total. The van der Waals surface area contributed by atoms with Crippen molar-refractivity contribution in [3.05, 3.63) is 76.7 Å². The normalized spacial score (nSPS) is 18.1. The van der Waals surface area contributed by atoms with Crippen molar-refractivity contribution in [3.8, 4) is 11.1 Å². The smallest absolute Gasteiger partial charge is 0.378 e. The molecular weight excluding hydrogens is 605 g/mol. The van der Waals surface area contributed by atoms with Gasteiger partial charge in [-0.3, -0.25) is 9.69 Å². The average Bonchev–Trinajstić information content (AvgIpc) is 2.98. The van der Waals surface area contributed by atoms with Gasteiger partial charge >= 0.3 is 12.4 Å². The van der Waals surface area contributed by atoms with E-state index in [1.54, 1.807) is 19.1 Å². The van der Waals surface area contributed by atoms with Crippen LogP contribution < -0.4 is 9.80 Å². The van der Waals surface area contributed by atoms with E-state index >= 15 is 0 Å². The number of carbonyl (C=O) groups is 1. The van der Waals surface area contributed by atoms with Crippen molar-refractivity contribution < 1.29 is 40.3 Å². The number of hydrogen-bond acceptors (Lipinski definition) is 5. The molecule has 0 spiro atoms. The number of piperazine rings is 1. The second kappa shape index (κ2) is 11.9. The Balaban J connectivity index is 1.56. The highest BCUT2D eigenvalue weighted by Crippen LogP contribution is 2.41. The number of carbonyl (C=O) groups excluding carboxylic acids is 1. The van der Waals surface area contributed by atoms with E-state index in [0.717, 1.165) is 13.1 Å². The molecule has 0 unspecified atom stereocenters. The number of rotatable bonds is 5. The van der Waals surface area contributed by atoms with Crippen molar-refractivity contribution in [2.75, 3.05) is 56.2 Å².